The second kappa shape index (κ2) is 9.17. The average Bonchev–Trinajstić information content (AvgIpc) is 3.45. The van der Waals surface area contributed by atoms with Crippen molar-refractivity contribution in [1.82, 2.24) is 0 Å². The minimum Gasteiger partial charge on any atom is -0.309 e. The number of hydrogen-bond donors (Lipinski definition) is 0. The lowest BCUT2D eigenvalue weighted by atomic mass is 9.96. The van der Waals surface area contributed by atoms with Crippen molar-refractivity contribution in [2.75, 3.05) is 4.90 Å². The maximum Gasteiger partial charge on any atom is 0.0640 e. The van der Waals surface area contributed by atoms with Gasteiger partial charge in [0.2, 0.25) is 0 Å². The molecule has 9 aromatic rings. The highest BCUT2D eigenvalue weighted by molar-refractivity contribution is 7.27. The van der Waals surface area contributed by atoms with E-state index >= 15 is 0 Å². The highest BCUT2D eigenvalue weighted by Crippen LogP contribution is 2.47. The van der Waals surface area contributed by atoms with Crippen LogP contribution in [-0.2, 0) is 0 Å². The van der Waals surface area contributed by atoms with Crippen molar-refractivity contribution in [1.29, 1.82) is 0 Å². The summed E-state index contributed by atoms with van der Waals surface area (Å²) in [5.74, 6) is 0. The fourth-order valence-electron chi connectivity index (χ4n) is 6.64. The van der Waals surface area contributed by atoms with E-state index in [4.69, 9.17) is 0 Å². The van der Waals surface area contributed by atoms with E-state index in [0.29, 0.717) is 0 Å². The third-order valence-electron chi connectivity index (χ3n) is 8.59. The monoisotopic (exact) mass is 551 g/mol. The van der Waals surface area contributed by atoms with Crippen molar-refractivity contribution < 1.29 is 0 Å². The molecule has 0 saturated carbocycles. The van der Waals surface area contributed by atoms with Crippen LogP contribution in [0.15, 0.2) is 152 Å². The summed E-state index contributed by atoms with van der Waals surface area (Å²) < 4.78 is 2.65. The fourth-order valence-corrected chi connectivity index (χ4v) is 7.98. The highest BCUT2D eigenvalue weighted by Gasteiger charge is 2.19. The first-order valence-corrected chi connectivity index (χ1v) is 15.2. The second-order valence-electron chi connectivity index (χ2n) is 10.9. The summed E-state index contributed by atoms with van der Waals surface area (Å²) in [5, 5.41) is 12.9. The Morgan fingerprint density at radius 3 is 1.79 bits per heavy atom. The van der Waals surface area contributed by atoms with Crippen LogP contribution in [0.4, 0.5) is 17.1 Å². The minimum atomic E-state index is 1.15. The molecule has 0 fully saturated rings. The van der Waals surface area contributed by atoms with Gasteiger partial charge in [0.1, 0.15) is 0 Å². The molecular weight excluding hydrogens is 527 g/mol. The van der Waals surface area contributed by atoms with E-state index < -0.39 is 0 Å². The van der Waals surface area contributed by atoms with Crippen LogP contribution in [0.25, 0.3) is 63.3 Å². The van der Waals surface area contributed by atoms with Crippen LogP contribution in [0.3, 0.4) is 0 Å². The Labute approximate surface area is 247 Å². The standard InChI is InChI=1S/C40H25NS/c1-2-11-30(12-3-1)41(37-16-8-15-34-35-24-22-27-10-5-7-14-33(27)39(35)42-40(34)37)31-23-21-28-18-20-29-19-17-26-9-4-6-13-32(26)38(29)36(28)25-31/h1-25H. The predicted octanol–water partition coefficient (Wildman–Crippen LogP) is 12.1. The molecule has 0 unspecified atom stereocenters. The number of para-hydroxylation sites is 1. The van der Waals surface area contributed by atoms with E-state index in [9.17, 15) is 0 Å². The van der Waals surface area contributed by atoms with Gasteiger partial charge in [-0.1, -0.05) is 121 Å². The zero-order chi connectivity index (χ0) is 27.6. The molecule has 2 heteroatoms. The summed E-state index contributed by atoms with van der Waals surface area (Å²) in [7, 11) is 0. The van der Waals surface area contributed by atoms with Crippen LogP contribution < -0.4 is 4.90 Å². The van der Waals surface area contributed by atoms with Crippen molar-refractivity contribution >= 4 is 91.7 Å². The third-order valence-corrected chi connectivity index (χ3v) is 9.87. The lowest BCUT2D eigenvalue weighted by Crippen LogP contribution is -2.09. The summed E-state index contributed by atoms with van der Waals surface area (Å²) in [5.41, 5.74) is 3.51. The molecule has 42 heavy (non-hydrogen) atoms. The lowest BCUT2D eigenvalue weighted by Gasteiger charge is -2.26. The molecule has 0 aliphatic rings. The molecule has 1 heterocycles. The third kappa shape index (κ3) is 3.49. The number of fused-ring (bicyclic) bond motifs is 10. The van der Waals surface area contributed by atoms with Crippen LogP contribution in [0.2, 0.25) is 0 Å². The summed E-state index contributed by atoms with van der Waals surface area (Å²) in [6.07, 6.45) is 0. The molecule has 0 aliphatic carbocycles. The highest BCUT2D eigenvalue weighted by atomic mass is 32.1. The van der Waals surface area contributed by atoms with Gasteiger partial charge >= 0.3 is 0 Å². The summed E-state index contributed by atoms with van der Waals surface area (Å²) in [6, 6.07) is 55.4. The van der Waals surface area contributed by atoms with E-state index in [1.807, 2.05) is 11.3 Å². The van der Waals surface area contributed by atoms with Gasteiger partial charge in [-0.25, -0.2) is 0 Å². The zero-order valence-electron chi connectivity index (χ0n) is 22.8. The van der Waals surface area contributed by atoms with Crippen LogP contribution in [-0.4, -0.2) is 0 Å². The molecule has 0 aliphatic heterocycles. The van der Waals surface area contributed by atoms with Crippen LogP contribution in [0, 0.1) is 0 Å². The Morgan fingerprint density at radius 1 is 0.357 bits per heavy atom. The Balaban J connectivity index is 1.36. The van der Waals surface area contributed by atoms with Crippen molar-refractivity contribution in [3.63, 3.8) is 0 Å². The van der Waals surface area contributed by atoms with Gasteiger partial charge in [-0.3, -0.25) is 0 Å². The lowest BCUT2D eigenvalue weighted by molar-refractivity contribution is 1.31. The molecule has 196 valence electrons. The van der Waals surface area contributed by atoms with E-state index in [1.165, 1.54) is 68.9 Å². The number of benzene rings is 8. The molecule has 0 saturated heterocycles. The van der Waals surface area contributed by atoms with E-state index in [1.54, 1.807) is 0 Å². The summed E-state index contributed by atoms with van der Waals surface area (Å²) in [4.78, 5) is 2.43. The van der Waals surface area contributed by atoms with Gasteiger partial charge in [-0.15, -0.1) is 11.3 Å². The maximum absolute atomic E-state index is 2.43. The normalized spacial score (nSPS) is 11.8. The number of rotatable bonds is 3. The number of nitrogens with zero attached hydrogens (tertiary/aromatic N) is 1. The van der Waals surface area contributed by atoms with Crippen molar-refractivity contribution in [3.05, 3.63) is 152 Å². The van der Waals surface area contributed by atoms with Crippen LogP contribution >= 0.6 is 11.3 Å². The van der Waals surface area contributed by atoms with Crippen LogP contribution in [0.5, 0.6) is 0 Å². The molecule has 0 amide bonds. The number of thiophene rings is 1. The van der Waals surface area contributed by atoms with Crippen molar-refractivity contribution in [2.45, 2.75) is 0 Å². The van der Waals surface area contributed by atoms with Crippen LogP contribution in [0.1, 0.15) is 0 Å². The first kappa shape index (κ1) is 23.5. The molecule has 0 radical (unpaired) electrons. The maximum atomic E-state index is 2.43. The largest absolute Gasteiger partial charge is 0.309 e. The van der Waals surface area contributed by atoms with Crippen molar-refractivity contribution in [2.24, 2.45) is 0 Å². The summed E-state index contributed by atoms with van der Waals surface area (Å²) in [6.45, 7) is 0. The second-order valence-corrected chi connectivity index (χ2v) is 12.0. The SMILES string of the molecule is c1ccc(N(c2ccc3ccc4ccc5ccccc5c4c3c2)c2cccc3c2sc2c4ccccc4ccc32)cc1. The molecule has 9 rings (SSSR count). The smallest absolute Gasteiger partial charge is 0.0640 e. The van der Waals surface area contributed by atoms with Gasteiger partial charge in [0.25, 0.3) is 0 Å². The Morgan fingerprint density at radius 2 is 0.952 bits per heavy atom. The number of hydrogen-bond acceptors (Lipinski definition) is 2. The van der Waals surface area contributed by atoms with E-state index in [0.717, 1.165) is 11.4 Å². The molecular formula is C40H25NS. The first-order chi connectivity index (χ1) is 20.8. The molecule has 1 nitrogen and oxygen atoms in total. The molecule has 1 aromatic heterocycles. The van der Waals surface area contributed by atoms with Gasteiger partial charge in [0.05, 0.1) is 10.4 Å². The quantitative estimate of drug-likeness (QED) is 0.197. The molecule has 8 aromatic carbocycles. The predicted molar refractivity (Wildman–Crippen MR) is 184 cm³/mol. The van der Waals surface area contributed by atoms with Gasteiger partial charge in [-0.2, -0.15) is 0 Å². The molecule has 0 bridgehead atoms. The van der Waals surface area contributed by atoms with Gasteiger partial charge in [0, 0.05) is 26.8 Å². The zero-order valence-corrected chi connectivity index (χ0v) is 23.6. The van der Waals surface area contributed by atoms with Gasteiger partial charge in [-0.05, 0) is 73.4 Å². The molecule has 0 spiro atoms. The minimum absolute atomic E-state index is 1.15. The Hall–Kier alpha value is -5.18. The topological polar surface area (TPSA) is 3.24 Å². The Bertz CT molecular complexity index is 2470. The first-order valence-electron chi connectivity index (χ1n) is 14.4. The van der Waals surface area contributed by atoms with Gasteiger partial charge < -0.3 is 4.90 Å². The van der Waals surface area contributed by atoms with Gasteiger partial charge in [0.15, 0.2) is 0 Å². The summed E-state index contributed by atoms with van der Waals surface area (Å²) >= 11 is 1.90. The molecule has 0 N–H and O–H groups in total. The van der Waals surface area contributed by atoms with E-state index in [-0.39, 0.29) is 0 Å². The van der Waals surface area contributed by atoms with Crippen molar-refractivity contribution in [3.8, 4) is 0 Å². The number of anilines is 3. The van der Waals surface area contributed by atoms with E-state index in [2.05, 4.69) is 157 Å². The Kier molecular flexibility index (Phi) is 5.13. The average molecular weight is 552 g/mol. The fraction of sp³-hybridized carbons (Fsp3) is 0. The molecule has 0 atom stereocenters.